The molecular formula is C27H28ClF5N4O4. The van der Waals surface area contributed by atoms with Gasteiger partial charge in [-0.2, -0.15) is 13.2 Å². The van der Waals surface area contributed by atoms with Crippen LogP contribution in [0.3, 0.4) is 0 Å². The topological polar surface area (TPSA) is 91.0 Å². The maximum absolute atomic E-state index is 14.9. The van der Waals surface area contributed by atoms with Gasteiger partial charge in [-0.05, 0) is 31.2 Å². The molecule has 2 aromatic carbocycles. The number of esters is 1. The monoisotopic (exact) mass is 602 g/mol. The molecule has 0 saturated carbocycles. The highest BCUT2D eigenvalue weighted by atomic mass is 35.5. The molecule has 2 saturated heterocycles. The van der Waals surface area contributed by atoms with Gasteiger partial charge in [-0.1, -0.05) is 17.7 Å². The Morgan fingerprint density at radius 2 is 1.88 bits per heavy atom. The largest absolute Gasteiger partial charge is 0.452 e. The van der Waals surface area contributed by atoms with Crippen LogP contribution in [0.15, 0.2) is 30.3 Å². The summed E-state index contributed by atoms with van der Waals surface area (Å²) in [6, 6.07) is 6.62. The second-order valence-electron chi connectivity index (χ2n) is 9.96. The average molecular weight is 603 g/mol. The van der Waals surface area contributed by atoms with Gasteiger partial charge in [-0.25, -0.2) is 8.78 Å². The average Bonchev–Trinajstić information content (AvgIpc) is 3.35. The molecule has 0 bridgehead atoms. The van der Waals surface area contributed by atoms with E-state index in [0.29, 0.717) is 30.3 Å². The van der Waals surface area contributed by atoms with Crippen LogP contribution in [0.1, 0.15) is 42.1 Å². The Hall–Kier alpha value is -3.45. The summed E-state index contributed by atoms with van der Waals surface area (Å²) in [4.78, 5) is 39.9. The molecule has 2 amide bonds. The van der Waals surface area contributed by atoms with Gasteiger partial charge < -0.3 is 20.3 Å². The van der Waals surface area contributed by atoms with Crippen molar-refractivity contribution in [1.82, 2.24) is 10.2 Å². The van der Waals surface area contributed by atoms with Crippen LogP contribution in [0, 0.1) is 11.6 Å². The molecule has 2 aromatic rings. The summed E-state index contributed by atoms with van der Waals surface area (Å²) in [5.41, 5.74) is -0.0340. The maximum Gasteiger partial charge on any atom is 0.390 e. The molecule has 2 fully saturated rings. The van der Waals surface area contributed by atoms with E-state index in [4.69, 9.17) is 16.3 Å². The highest BCUT2D eigenvalue weighted by Gasteiger charge is 2.32. The molecular weight excluding hydrogens is 575 g/mol. The Labute approximate surface area is 237 Å². The number of benzene rings is 2. The Balaban J connectivity index is 1.44. The number of carbonyl (C=O) groups is 3. The predicted octanol–water partition coefficient (Wildman–Crippen LogP) is 4.66. The van der Waals surface area contributed by atoms with Crippen LogP contribution in [0.2, 0.25) is 5.02 Å². The number of halogens is 6. The van der Waals surface area contributed by atoms with Crippen LogP contribution in [0.25, 0.3) is 0 Å². The second-order valence-corrected chi connectivity index (χ2v) is 10.4. The van der Waals surface area contributed by atoms with Gasteiger partial charge in [0.25, 0.3) is 11.8 Å². The third kappa shape index (κ3) is 7.64. The zero-order valence-electron chi connectivity index (χ0n) is 22.0. The lowest BCUT2D eigenvalue weighted by atomic mass is 10.1. The Bertz CT molecular complexity index is 1330. The quantitative estimate of drug-likeness (QED) is 0.338. The molecule has 2 heterocycles. The van der Waals surface area contributed by atoms with Gasteiger partial charge in [0.2, 0.25) is 0 Å². The van der Waals surface area contributed by atoms with Crippen LogP contribution in [0.5, 0.6) is 0 Å². The van der Waals surface area contributed by atoms with Crippen molar-refractivity contribution < 1.29 is 41.1 Å². The fourth-order valence-corrected chi connectivity index (χ4v) is 4.99. The minimum atomic E-state index is -4.25. The van der Waals surface area contributed by atoms with Crippen molar-refractivity contribution in [3.63, 3.8) is 0 Å². The molecule has 222 valence electrons. The number of alkyl halides is 3. The summed E-state index contributed by atoms with van der Waals surface area (Å²) >= 11 is 6.19. The number of piperazine rings is 1. The first-order chi connectivity index (χ1) is 19.3. The Morgan fingerprint density at radius 1 is 1.12 bits per heavy atom. The molecule has 14 heteroatoms. The molecule has 2 aliphatic heterocycles. The van der Waals surface area contributed by atoms with Gasteiger partial charge in [-0.3, -0.25) is 19.3 Å². The lowest BCUT2D eigenvalue weighted by Crippen LogP contribution is -2.52. The fraction of sp³-hybridized carbons (Fsp3) is 0.444. The standard InChI is InChI=1S/C27H28ClF5N4O4/c1-15-14-36(9-8-27(31,32)33)10-11-37(15)20-12-17(28)3-5-19(20)35-25(39)18-4-2-16(23(29)24(18)30)13-34-26(40)21-6-7-22(38)41-21/h2-5,12,15,21H,6-11,13-14H2,1H3,(H,34,40)(H,35,39)/t15-,21-/m1/s1. The van der Waals surface area contributed by atoms with E-state index in [1.54, 1.807) is 11.0 Å². The highest BCUT2D eigenvalue weighted by Crippen LogP contribution is 2.33. The van der Waals surface area contributed by atoms with Gasteiger partial charge in [-0.15, -0.1) is 0 Å². The fourth-order valence-electron chi connectivity index (χ4n) is 4.82. The van der Waals surface area contributed by atoms with E-state index >= 15 is 0 Å². The summed E-state index contributed by atoms with van der Waals surface area (Å²) in [5.74, 6) is -4.82. The minimum Gasteiger partial charge on any atom is -0.452 e. The number of nitrogens with zero attached hydrogens (tertiary/aromatic N) is 2. The number of hydrogen-bond donors (Lipinski definition) is 2. The van der Waals surface area contributed by atoms with Gasteiger partial charge in [0.05, 0.1) is 23.4 Å². The summed E-state index contributed by atoms with van der Waals surface area (Å²) in [6.07, 6.45) is -5.87. The number of hydrogen-bond acceptors (Lipinski definition) is 6. The maximum atomic E-state index is 14.9. The van der Waals surface area contributed by atoms with E-state index in [2.05, 4.69) is 10.6 Å². The summed E-state index contributed by atoms with van der Waals surface area (Å²) in [5, 5.41) is 5.32. The van der Waals surface area contributed by atoms with Gasteiger partial charge in [0.1, 0.15) is 0 Å². The van der Waals surface area contributed by atoms with Crippen LogP contribution in [0.4, 0.5) is 33.3 Å². The molecule has 0 unspecified atom stereocenters. The molecule has 0 aliphatic carbocycles. The second kappa shape index (κ2) is 12.6. The SMILES string of the molecule is C[C@@H]1CN(CCC(F)(F)F)CCN1c1cc(Cl)ccc1NC(=O)c1ccc(CNC(=O)[C@H]2CCC(=O)O2)c(F)c1F. The summed E-state index contributed by atoms with van der Waals surface area (Å²) < 4.78 is 72.5. The minimum absolute atomic E-state index is 0.0945. The number of anilines is 2. The number of ether oxygens (including phenoxy) is 1. The Kier molecular flexibility index (Phi) is 9.37. The zero-order chi connectivity index (χ0) is 29.9. The van der Waals surface area contributed by atoms with Crippen molar-refractivity contribution in [3.05, 3.63) is 58.1 Å². The molecule has 0 spiro atoms. The molecule has 0 aromatic heterocycles. The highest BCUT2D eigenvalue weighted by molar-refractivity contribution is 6.31. The van der Waals surface area contributed by atoms with Gasteiger partial charge >= 0.3 is 12.1 Å². The van der Waals surface area contributed by atoms with Gasteiger partial charge in [0.15, 0.2) is 17.7 Å². The van der Waals surface area contributed by atoms with E-state index in [-0.39, 0.29) is 43.2 Å². The van der Waals surface area contributed by atoms with Crippen LogP contribution in [-0.4, -0.2) is 67.2 Å². The van der Waals surface area contributed by atoms with Crippen molar-refractivity contribution in [2.24, 2.45) is 0 Å². The number of nitrogens with one attached hydrogen (secondary N) is 2. The van der Waals surface area contributed by atoms with Gasteiger partial charge in [0, 0.05) is 62.2 Å². The van der Waals surface area contributed by atoms with Crippen molar-refractivity contribution in [2.75, 3.05) is 36.4 Å². The molecule has 2 aliphatic rings. The number of amides is 2. The number of carbonyl (C=O) groups excluding carboxylic acids is 3. The van der Waals surface area contributed by atoms with E-state index in [1.807, 2.05) is 11.8 Å². The Morgan fingerprint density at radius 3 is 2.54 bits per heavy atom. The number of rotatable bonds is 8. The van der Waals surface area contributed by atoms with E-state index in [1.165, 1.54) is 18.2 Å². The molecule has 0 radical (unpaired) electrons. The predicted molar refractivity (Wildman–Crippen MR) is 141 cm³/mol. The third-order valence-electron chi connectivity index (χ3n) is 6.98. The number of cyclic esters (lactones) is 1. The van der Waals surface area contributed by atoms with Crippen molar-refractivity contribution >= 4 is 40.8 Å². The van der Waals surface area contributed by atoms with Crippen molar-refractivity contribution in [2.45, 2.75) is 51.1 Å². The summed E-state index contributed by atoms with van der Waals surface area (Å²) in [6.45, 7) is 2.37. The van der Waals surface area contributed by atoms with Crippen LogP contribution < -0.4 is 15.5 Å². The van der Waals surface area contributed by atoms with Crippen LogP contribution in [-0.2, 0) is 20.9 Å². The molecule has 4 rings (SSSR count). The van der Waals surface area contributed by atoms with E-state index < -0.39 is 53.7 Å². The molecule has 2 atom stereocenters. The first-order valence-corrected chi connectivity index (χ1v) is 13.3. The van der Waals surface area contributed by atoms with E-state index in [9.17, 15) is 36.3 Å². The normalized spacial score (nSPS) is 19.7. The molecule has 41 heavy (non-hydrogen) atoms. The lowest BCUT2D eigenvalue weighted by molar-refractivity contribution is -0.148. The summed E-state index contributed by atoms with van der Waals surface area (Å²) in [7, 11) is 0. The van der Waals surface area contributed by atoms with Crippen molar-refractivity contribution in [1.29, 1.82) is 0 Å². The molecule has 8 nitrogen and oxygen atoms in total. The first-order valence-electron chi connectivity index (χ1n) is 12.9. The van der Waals surface area contributed by atoms with Crippen molar-refractivity contribution in [3.8, 4) is 0 Å². The smallest absolute Gasteiger partial charge is 0.390 e. The van der Waals surface area contributed by atoms with E-state index in [0.717, 1.165) is 6.07 Å². The zero-order valence-corrected chi connectivity index (χ0v) is 22.7. The first kappa shape index (κ1) is 30.5. The lowest BCUT2D eigenvalue weighted by Gasteiger charge is -2.42. The van der Waals surface area contributed by atoms with Crippen LogP contribution >= 0.6 is 11.6 Å². The third-order valence-corrected chi connectivity index (χ3v) is 7.21. The molecule has 2 N–H and O–H groups in total.